The number of nitrogens with one attached hydrogen (secondary N) is 1. The van der Waals surface area contributed by atoms with E-state index in [2.05, 4.69) is 10.4 Å². The van der Waals surface area contributed by atoms with Crippen molar-refractivity contribution in [2.24, 2.45) is 0 Å². The van der Waals surface area contributed by atoms with Crippen LogP contribution in [0.5, 0.6) is 5.75 Å². The number of rotatable bonds is 7. The molecule has 1 N–H and O–H groups in total. The van der Waals surface area contributed by atoms with Gasteiger partial charge in [-0.1, -0.05) is 30.3 Å². The third-order valence-corrected chi connectivity index (χ3v) is 5.54. The molecule has 33 heavy (non-hydrogen) atoms. The van der Waals surface area contributed by atoms with Crippen LogP contribution in [0.3, 0.4) is 0 Å². The number of benzene rings is 1. The standard InChI is InChI=1S/C25H25N5O3/c1-16(2)30-23(32)11-10-20(27-30)24-21-14-19(33-15-22(31)26-18-8-9-18)12-13-29(21)28-25(24)17-6-4-3-5-7-17/h3-7,10-14,16,18H,8-9,15H2,1-2H3,(H,26,31). The summed E-state index contributed by atoms with van der Waals surface area (Å²) in [5.74, 6) is 0.438. The first kappa shape index (κ1) is 20.9. The first-order valence-electron chi connectivity index (χ1n) is 11.1. The van der Waals surface area contributed by atoms with E-state index in [0.29, 0.717) is 17.5 Å². The maximum absolute atomic E-state index is 12.3. The Hall–Kier alpha value is -3.94. The van der Waals surface area contributed by atoms with Crippen molar-refractivity contribution in [1.29, 1.82) is 0 Å². The highest BCUT2D eigenvalue weighted by molar-refractivity contribution is 5.91. The molecule has 3 aromatic heterocycles. The van der Waals surface area contributed by atoms with E-state index in [9.17, 15) is 9.59 Å². The molecule has 0 spiro atoms. The number of carbonyl (C=O) groups is 1. The average molecular weight is 444 g/mol. The number of nitrogens with zero attached hydrogens (tertiary/aromatic N) is 4. The van der Waals surface area contributed by atoms with Gasteiger partial charge in [0.15, 0.2) is 6.61 Å². The van der Waals surface area contributed by atoms with Gasteiger partial charge in [-0.3, -0.25) is 9.59 Å². The van der Waals surface area contributed by atoms with Gasteiger partial charge in [0, 0.05) is 29.9 Å². The zero-order valence-corrected chi connectivity index (χ0v) is 18.6. The van der Waals surface area contributed by atoms with Gasteiger partial charge in [-0.05, 0) is 38.8 Å². The number of pyridine rings is 1. The summed E-state index contributed by atoms with van der Waals surface area (Å²) in [6.07, 6.45) is 3.87. The number of aromatic nitrogens is 4. The minimum Gasteiger partial charge on any atom is -0.484 e. The lowest BCUT2D eigenvalue weighted by Gasteiger charge is -2.11. The van der Waals surface area contributed by atoms with Gasteiger partial charge >= 0.3 is 0 Å². The van der Waals surface area contributed by atoms with Crippen molar-refractivity contribution < 1.29 is 9.53 Å². The minimum atomic E-state index is -0.155. The summed E-state index contributed by atoms with van der Waals surface area (Å²) in [6.45, 7) is 3.80. The third-order valence-electron chi connectivity index (χ3n) is 5.54. The summed E-state index contributed by atoms with van der Waals surface area (Å²) in [5, 5.41) is 12.4. The summed E-state index contributed by atoms with van der Waals surface area (Å²) in [4.78, 5) is 24.4. The Balaban J connectivity index is 1.60. The average Bonchev–Trinajstić information content (AvgIpc) is 3.55. The zero-order chi connectivity index (χ0) is 22.9. The van der Waals surface area contributed by atoms with Crippen LogP contribution in [0.25, 0.3) is 28.0 Å². The highest BCUT2D eigenvalue weighted by atomic mass is 16.5. The Morgan fingerprint density at radius 2 is 1.91 bits per heavy atom. The fraction of sp³-hybridized carbons (Fsp3) is 0.280. The number of amides is 1. The van der Waals surface area contributed by atoms with Crippen molar-refractivity contribution in [2.45, 2.75) is 38.8 Å². The summed E-state index contributed by atoms with van der Waals surface area (Å²) in [7, 11) is 0. The van der Waals surface area contributed by atoms with Crippen LogP contribution in [-0.4, -0.2) is 38.0 Å². The molecule has 4 aromatic rings. The normalized spacial score (nSPS) is 13.4. The van der Waals surface area contributed by atoms with Crippen molar-refractivity contribution in [2.75, 3.05) is 6.61 Å². The molecular weight excluding hydrogens is 418 g/mol. The molecule has 8 nitrogen and oxygen atoms in total. The number of hydrogen-bond donors (Lipinski definition) is 1. The van der Waals surface area contributed by atoms with Crippen LogP contribution >= 0.6 is 0 Å². The summed E-state index contributed by atoms with van der Waals surface area (Å²) in [6, 6.07) is 16.9. The molecule has 1 amide bonds. The van der Waals surface area contributed by atoms with Crippen molar-refractivity contribution in [3.63, 3.8) is 0 Å². The molecule has 3 heterocycles. The predicted molar refractivity (Wildman–Crippen MR) is 125 cm³/mol. The summed E-state index contributed by atoms with van der Waals surface area (Å²) < 4.78 is 9.00. The van der Waals surface area contributed by atoms with Crippen molar-refractivity contribution in [1.82, 2.24) is 24.7 Å². The third kappa shape index (κ3) is 4.37. The Morgan fingerprint density at radius 3 is 2.64 bits per heavy atom. The lowest BCUT2D eigenvalue weighted by atomic mass is 10.0. The largest absolute Gasteiger partial charge is 0.484 e. The van der Waals surface area contributed by atoms with E-state index in [1.165, 1.54) is 10.7 Å². The first-order chi connectivity index (χ1) is 16.0. The second-order valence-corrected chi connectivity index (χ2v) is 8.51. The number of carbonyl (C=O) groups excluding carboxylic acids is 1. The van der Waals surface area contributed by atoms with Gasteiger partial charge in [0.2, 0.25) is 0 Å². The molecule has 1 aliphatic carbocycles. The van der Waals surface area contributed by atoms with Crippen molar-refractivity contribution >= 4 is 11.4 Å². The molecule has 168 valence electrons. The molecule has 0 saturated heterocycles. The van der Waals surface area contributed by atoms with Gasteiger partial charge < -0.3 is 10.1 Å². The summed E-state index contributed by atoms with van der Waals surface area (Å²) in [5.41, 5.74) is 3.74. The van der Waals surface area contributed by atoms with Gasteiger partial charge in [0.1, 0.15) is 11.4 Å². The fourth-order valence-electron chi connectivity index (χ4n) is 3.74. The molecule has 0 radical (unpaired) electrons. The molecule has 1 aliphatic rings. The molecule has 1 fully saturated rings. The quantitative estimate of drug-likeness (QED) is 0.472. The van der Waals surface area contributed by atoms with Crippen LogP contribution in [-0.2, 0) is 4.79 Å². The number of hydrogen-bond acceptors (Lipinski definition) is 5. The van der Waals surface area contributed by atoms with Crippen LogP contribution in [0.15, 0.2) is 65.6 Å². The fourth-order valence-corrected chi connectivity index (χ4v) is 3.74. The Kier molecular flexibility index (Phi) is 5.42. The topological polar surface area (TPSA) is 90.5 Å². The Labute approximate surface area is 190 Å². The van der Waals surface area contributed by atoms with Gasteiger partial charge in [0.25, 0.3) is 11.5 Å². The van der Waals surface area contributed by atoms with Gasteiger partial charge in [-0.15, -0.1) is 0 Å². The van der Waals surface area contributed by atoms with Gasteiger partial charge in [0.05, 0.1) is 22.8 Å². The molecule has 5 rings (SSSR count). The summed E-state index contributed by atoms with van der Waals surface area (Å²) >= 11 is 0. The lowest BCUT2D eigenvalue weighted by Crippen LogP contribution is -2.30. The van der Waals surface area contributed by atoms with Gasteiger partial charge in [-0.25, -0.2) is 9.20 Å². The number of fused-ring (bicyclic) bond motifs is 1. The monoisotopic (exact) mass is 443 g/mol. The molecule has 1 saturated carbocycles. The number of ether oxygens (including phenoxy) is 1. The second kappa shape index (κ2) is 8.54. The maximum Gasteiger partial charge on any atom is 0.267 e. The van der Waals surface area contributed by atoms with E-state index in [4.69, 9.17) is 9.84 Å². The predicted octanol–water partition coefficient (Wildman–Crippen LogP) is 3.46. The van der Waals surface area contributed by atoms with E-state index >= 15 is 0 Å². The van der Waals surface area contributed by atoms with E-state index in [-0.39, 0.29) is 24.1 Å². The zero-order valence-electron chi connectivity index (χ0n) is 18.6. The van der Waals surface area contributed by atoms with Crippen molar-refractivity contribution in [3.8, 4) is 28.3 Å². The SMILES string of the molecule is CC(C)n1nc(-c2c(-c3ccccc3)nn3ccc(OCC(=O)NC4CC4)cc23)ccc1=O. The molecular formula is C25H25N5O3. The van der Waals surface area contributed by atoms with E-state index in [1.807, 2.05) is 50.2 Å². The lowest BCUT2D eigenvalue weighted by molar-refractivity contribution is -0.123. The van der Waals surface area contributed by atoms with Crippen LogP contribution in [0.1, 0.15) is 32.7 Å². The van der Waals surface area contributed by atoms with Crippen LogP contribution in [0, 0.1) is 0 Å². The molecule has 0 unspecified atom stereocenters. The highest BCUT2D eigenvalue weighted by Gasteiger charge is 2.23. The molecule has 1 aromatic carbocycles. The van der Waals surface area contributed by atoms with Gasteiger partial charge in [-0.2, -0.15) is 10.2 Å². The van der Waals surface area contributed by atoms with Crippen LogP contribution in [0.2, 0.25) is 0 Å². The molecule has 0 bridgehead atoms. The molecule has 0 aliphatic heterocycles. The van der Waals surface area contributed by atoms with E-state index < -0.39 is 0 Å². The van der Waals surface area contributed by atoms with Crippen molar-refractivity contribution in [3.05, 3.63) is 71.1 Å². The smallest absolute Gasteiger partial charge is 0.267 e. The van der Waals surface area contributed by atoms with E-state index in [0.717, 1.165) is 35.2 Å². The minimum absolute atomic E-state index is 0.0435. The Morgan fingerprint density at radius 1 is 1.12 bits per heavy atom. The molecule has 0 atom stereocenters. The first-order valence-corrected chi connectivity index (χ1v) is 11.1. The highest BCUT2D eigenvalue weighted by Crippen LogP contribution is 2.35. The maximum atomic E-state index is 12.3. The molecule has 8 heteroatoms. The van der Waals surface area contributed by atoms with Crippen LogP contribution in [0.4, 0.5) is 0 Å². The van der Waals surface area contributed by atoms with E-state index in [1.54, 1.807) is 22.8 Å². The van der Waals surface area contributed by atoms with Crippen LogP contribution < -0.4 is 15.6 Å². The second-order valence-electron chi connectivity index (χ2n) is 8.51. The Bertz CT molecular complexity index is 1370.